The summed E-state index contributed by atoms with van der Waals surface area (Å²) in [6, 6.07) is -0.547. The summed E-state index contributed by atoms with van der Waals surface area (Å²) in [5.74, 6) is -0.941. The molecule has 2 rings (SSSR count). The molecule has 2 aliphatic rings. The maximum Gasteiger partial charge on any atom is 0.243 e. The second-order valence-electron chi connectivity index (χ2n) is 4.97. The highest BCUT2D eigenvalue weighted by Gasteiger charge is 2.39. The summed E-state index contributed by atoms with van der Waals surface area (Å²) >= 11 is 0. The average Bonchev–Trinajstić information content (AvgIpc) is 2.77. The van der Waals surface area contributed by atoms with E-state index in [1.165, 1.54) is 11.9 Å². The predicted octanol–water partition coefficient (Wildman–Crippen LogP) is -2.03. The zero-order chi connectivity index (χ0) is 14.0. The Morgan fingerprint density at radius 3 is 2.68 bits per heavy atom. The first kappa shape index (κ1) is 14.3. The van der Waals surface area contributed by atoms with Crippen LogP contribution >= 0.6 is 0 Å². The van der Waals surface area contributed by atoms with E-state index in [4.69, 9.17) is 0 Å². The van der Waals surface area contributed by atoms with Crippen LogP contribution in [0.3, 0.4) is 0 Å². The van der Waals surface area contributed by atoms with Gasteiger partial charge in [0, 0.05) is 26.7 Å². The van der Waals surface area contributed by atoms with Crippen molar-refractivity contribution in [2.24, 2.45) is 5.92 Å². The molecule has 2 fully saturated rings. The summed E-state index contributed by atoms with van der Waals surface area (Å²) in [7, 11) is -1.56. The van der Waals surface area contributed by atoms with E-state index in [0.29, 0.717) is 26.1 Å². The second kappa shape index (κ2) is 5.46. The lowest BCUT2D eigenvalue weighted by molar-refractivity contribution is -0.144. The Hall–Kier alpha value is -1.15. The lowest BCUT2D eigenvalue weighted by Gasteiger charge is -2.36. The van der Waals surface area contributed by atoms with E-state index < -0.39 is 21.8 Å². The maximum atomic E-state index is 12.4. The number of likely N-dealkylation sites (N-methyl/N-ethyl adjacent to an activating group) is 1. The van der Waals surface area contributed by atoms with Crippen LogP contribution in [0.25, 0.3) is 0 Å². The van der Waals surface area contributed by atoms with Crippen LogP contribution in [0.4, 0.5) is 0 Å². The predicted molar refractivity (Wildman–Crippen MR) is 69.2 cm³/mol. The normalized spacial score (nSPS) is 30.1. The highest BCUT2D eigenvalue weighted by atomic mass is 32.2. The number of nitrogens with zero attached hydrogens (tertiary/aromatic N) is 1. The van der Waals surface area contributed by atoms with Gasteiger partial charge in [-0.05, 0) is 6.42 Å². The zero-order valence-electron chi connectivity index (χ0n) is 10.9. The molecule has 2 saturated heterocycles. The molecule has 0 bridgehead atoms. The molecule has 7 nitrogen and oxygen atoms in total. The Balaban J connectivity index is 2.10. The molecule has 0 saturated carbocycles. The van der Waals surface area contributed by atoms with Gasteiger partial charge in [0.15, 0.2) is 9.84 Å². The van der Waals surface area contributed by atoms with E-state index in [2.05, 4.69) is 10.6 Å². The van der Waals surface area contributed by atoms with Crippen LogP contribution in [0.15, 0.2) is 0 Å². The van der Waals surface area contributed by atoms with Crippen LogP contribution in [-0.4, -0.2) is 69.4 Å². The van der Waals surface area contributed by atoms with Gasteiger partial charge in [-0.1, -0.05) is 0 Å². The van der Waals surface area contributed by atoms with E-state index >= 15 is 0 Å². The lowest BCUT2D eigenvalue weighted by Crippen LogP contribution is -2.60. The number of hydrogen-bond acceptors (Lipinski definition) is 5. The molecular weight excluding hydrogens is 270 g/mol. The third kappa shape index (κ3) is 3.06. The summed E-state index contributed by atoms with van der Waals surface area (Å²) < 4.78 is 22.9. The molecular formula is C11H19N3O4S. The first-order valence-electron chi connectivity index (χ1n) is 6.38. The van der Waals surface area contributed by atoms with E-state index in [0.717, 1.165) is 0 Å². The van der Waals surface area contributed by atoms with Crippen LogP contribution in [0.2, 0.25) is 0 Å². The Bertz CT molecular complexity index is 476. The van der Waals surface area contributed by atoms with E-state index in [9.17, 15) is 18.0 Å². The molecule has 2 heterocycles. The molecule has 19 heavy (non-hydrogen) atoms. The Morgan fingerprint density at radius 2 is 2.11 bits per heavy atom. The van der Waals surface area contributed by atoms with Crippen molar-refractivity contribution < 1.29 is 18.0 Å². The number of nitrogens with one attached hydrogen (secondary N) is 2. The Morgan fingerprint density at radius 1 is 1.37 bits per heavy atom. The number of hydrogen-bond donors (Lipinski definition) is 2. The maximum absolute atomic E-state index is 12.4. The van der Waals surface area contributed by atoms with E-state index in [1.54, 1.807) is 0 Å². The average molecular weight is 289 g/mol. The number of sulfone groups is 1. The summed E-state index contributed by atoms with van der Waals surface area (Å²) in [4.78, 5) is 25.6. The minimum atomic E-state index is -3.09. The van der Waals surface area contributed by atoms with Crippen molar-refractivity contribution in [3.63, 3.8) is 0 Å². The molecule has 0 spiro atoms. The van der Waals surface area contributed by atoms with Gasteiger partial charge >= 0.3 is 0 Å². The van der Waals surface area contributed by atoms with E-state index in [1.807, 2.05) is 0 Å². The molecule has 108 valence electrons. The van der Waals surface area contributed by atoms with Crippen molar-refractivity contribution in [3.8, 4) is 0 Å². The fourth-order valence-corrected chi connectivity index (χ4v) is 4.33. The van der Waals surface area contributed by atoms with Gasteiger partial charge in [0.1, 0.15) is 6.04 Å². The van der Waals surface area contributed by atoms with Crippen LogP contribution in [0.1, 0.15) is 6.42 Å². The first-order valence-corrected chi connectivity index (χ1v) is 8.20. The number of rotatable bonds is 2. The first-order chi connectivity index (χ1) is 8.94. The number of amides is 2. The molecule has 2 aliphatic heterocycles. The summed E-state index contributed by atoms with van der Waals surface area (Å²) in [6.07, 6.45) is 0.367. The number of carbonyl (C=O) groups excluding carboxylic acids is 2. The fourth-order valence-electron chi connectivity index (χ4n) is 2.59. The van der Waals surface area contributed by atoms with E-state index in [-0.39, 0.29) is 23.3 Å². The van der Waals surface area contributed by atoms with Gasteiger partial charge in [0.25, 0.3) is 0 Å². The quantitative estimate of drug-likeness (QED) is 0.611. The van der Waals surface area contributed by atoms with Gasteiger partial charge < -0.3 is 15.5 Å². The number of piperazine rings is 1. The molecule has 8 heteroatoms. The van der Waals surface area contributed by atoms with Crippen LogP contribution < -0.4 is 10.6 Å². The Labute approximate surface area is 112 Å². The van der Waals surface area contributed by atoms with Crippen LogP contribution in [0.5, 0.6) is 0 Å². The van der Waals surface area contributed by atoms with Gasteiger partial charge in [-0.2, -0.15) is 0 Å². The highest BCUT2D eigenvalue weighted by Crippen LogP contribution is 2.22. The topological polar surface area (TPSA) is 95.6 Å². The molecule has 0 radical (unpaired) electrons. The minimum absolute atomic E-state index is 0.0696. The van der Waals surface area contributed by atoms with Crippen molar-refractivity contribution in [1.29, 1.82) is 0 Å². The van der Waals surface area contributed by atoms with Crippen LogP contribution in [-0.2, 0) is 19.4 Å². The Kier molecular flexibility index (Phi) is 4.10. The molecule has 2 unspecified atom stereocenters. The van der Waals surface area contributed by atoms with Crippen molar-refractivity contribution >= 4 is 21.7 Å². The molecule has 2 amide bonds. The molecule has 0 aromatic heterocycles. The molecule has 0 aromatic carbocycles. The van der Waals surface area contributed by atoms with Crippen molar-refractivity contribution in [3.05, 3.63) is 0 Å². The van der Waals surface area contributed by atoms with Crippen molar-refractivity contribution in [1.82, 2.24) is 15.5 Å². The lowest BCUT2D eigenvalue weighted by atomic mass is 10.0. The van der Waals surface area contributed by atoms with Crippen molar-refractivity contribution in [2.75, 3.05) is 38.2 Å². The van der Waals surface area contributed by atoms with Gasteiger partial charge in [-0.25, -0.2) is 8.42 Å². The van der Waals surface area contributed by atoms with Gasteiger partial charge in [-0.3, -0.25) is 9.59 Å². The summed E-state index contributed by atoms with van der Waals surface area (Å²) in [5.41, 5.74) is 0. The monoisotopic (exact) mass is 289 g/mol. The van der Waals surface area contributed by atoms with Crippen LogP contribution in [0, 0.1) is 5.92 Å². The molecule has 0 aromatic rings. The SMILES string of the molecule is CNC(=O)C1CNCCN1C(=O)C1CCS(=O)(=O)C1. The third-order valence-corrected chi connectivity index (χ3v) is 5.43. The summed E-state index contributed by atoms with van der Waals surface area (Å²) in [5, 5.41) is 5.60. The fraction of sp³-hybridized carbons (Fsp3) is 0.818. The van der Waals surface area contributed by atoms with Gasteiger partial charge in [0.05, 0.1) is 17.4 Å². The highest BCUT2D eigenvalue weighted by molar-refractivity contribution is 7.91. The summed E-state index contributed by atoms with van der Waals surface area (Å²) in [6.45, 7) is 1.47. The number of carbonyl (C=O) groups is 2. The van der Waals surface area contributed by atoms with Gasteiger partial charge in [0.2, 0.25) is 11.8 Å². The third-order valence-electron chi connectivity index (χ3n) is 3.66. The second-order valence-corrected chi connectivity index (χ2v) is 7.19. The smallest absolute Gasteiger partial charge is 0.243 e. The molecule has 2 atom stereocenters. The largest absolute Gasteiger partial charge is 0.357 e. The zero-order valence-corrected chi connectivity index (χ0v) is 11.7. The molecule has 0 aliphatic carbocycles. The van der Waals surface area contributed by atoms with Crippen molar-refractivity contribution in [2.45, 2.75) is 12.5 Å². The standard InChI is InChI=1S/C11H19N3O4S/c1-12-10(15)9-6-13-3-4-14(9)11(16)8-2-5-19(17,18)7-8/h8-9,13H,2-7H2,1H3,(H,12,15). The van der Waals surface area contributed by atoms with Gasteiger partial charge in [-0.15, -0.1) is 0 Å². The molecule has 2 N–H and O–H groups in total. The minimum Gasteiger partial charge on any atom is -0.357 e.